The van der Waals surface area contributed by atoms with Gasteiger partial charge in [-0.15, -0.1) is 11.3 Å². The Morgan fingerprint density at radius 2 is 2.06 bits per heavy atom. The standard InChI is InChI=1S/C13H23NO2S/c1-10(2)4-6-16-7-5-13(15)8-12-9-17-11(3)14-12/h9-10,13,15H,4-8H2,1-3H3. The lowest BCUT2D eigenvalue weighted by atomic mass is 10.1. The van der Waals surface area contributed by atoms with Crippen molar-refractivity contribution in [1.82, 2.24) is 4.98 Å². The van der Waals surface area contributed by atoms with Crippen LogP contribution in [0.4, 0.5) is 0 Å². The number of thiazole rings is 1. The zero-order chi connectivity index (χ0) is 12.7. The van der Waals surface area contributed by atoms with Crippen molar-refractivity contribution >= 4 is 11.3 Å². The van der Waals surface area contributed by atoms with Crippen molar-refractivity contribution < 1.29 is 9.84 Å². The predicted octanol–water partition coefficient (Wildman–Crippen LogP) is 2.81. The van der Waals surface area contributed by atoms with E-state index in [1.807, 2.05) is 12.3 Å². The molecule has 0 spiro atoms. The molecule has 0 bridgehead atoms. The Labute approximate surface area is 108 Å². The fourth-order valence-corrected chi connectivity index (χ4v) is 2.11. The van der Waals surface area contributed by atoms with Gasteiger partial charge in [-0.25, -0.2) is 4.98 Å². The number of rotatable bonds is 8. The smallest absolute Gasteiger partial charge is 0.0897 e. The first-order chi connectivity index (χ1) is 8.08. The minimum Gasteiger partial charge on any atom is -0.393 e. The van der Waals surface area contributed by atoms with Crippen molar-refractivity contribution in [2.45, 2.75) is 46.1 Å². The monoisotopic (exact) mass is 257 g/mol. The number of aliphatic hydroxyl groups excluding tert-OH is 1. The summed E-state index contributed by atoms with van der Waals surface area (Å²) in [7, 11) is 0. The average molecular weight is 257 g/mol. The minimum absolute atomic E-state index is 0.337. The van der Waals surface area contributed by atoms with Gasteiger partial charge in [0.25, 0.3) is 0 Å². The maximum Gasteiger partial charge on any atom is 0.0897 e. The molecule has 98 valence electrons. The molecule has 1 unspecified atom stereocenters. The number of nitrogens with zero attached hydrogens (tertiary/aromatic N) is 1. The molecule has 1 aromatic rings. The number of aryl methyl sites for hydroxylation is 1. The number of aliphatic hydroxyl groups is 1. The summed E-state index contributed by atoms with van der Waals surface area (Å²) in [6, 6.07) is 0. The van der Waals surface area contributed by atoms with Crippen LogP contribution in [0.2, 0.25) is 0 Å². The Balaban J connectivity index is 2.07. The van der Waals surface area contributed by atoms with Gasteiger partial charge in [0.2, 0.25) is 0 Å². The Morgan fingerprint density at radius 3 is 2.65 bits per heavy atom. The predicted molar refractivity (Wildman–Crippen MR) is 71.5 cm³/mol. The fraction of sp³-hybridized carbons (Fsp3) is 0.769. The van der Waals surface area contributed by atoms with Gasteiger partial charge in [-0.05, 0) is 25.7 Å². The lowest BCUT2D eigenvalue weighted by Crippen LogP contribution is -2.14. The first-order valence-corrected chi connectivity index (χ1v) is 7.12. The van der Waals surface area contributed by atoms with Gasteiger partial charge in [0, 0.05) is 25.0 Å². The van der Waals surface area contributed by atoms with E-state index in [-0.39, 0.29) is 6.10 Å². The summed E-state index contributed by atoms with van der Waals surface area (Å²) in [6.07, 6.45) is 2.07. The highest BCUT2D eigenvalue weighted by molar-refractivity contribution is 7.09. The van der Waals surface area contributed by atoms with Gasteiger partial charge in [-0.1, -0.05) is 13.8 Å². The van der Waals surface area contributed by atoms with E-state index in [0.717, 1.165) is 23.7 Å². The van der Waals surface area contributed by atoms with Crippen LogP contribution in [0.5, 0.6) is 0 Å². The summed E-state index contributed by atoms with van der Waals surface area (Å²) in [4.78, 5) is 4.34. The van der Waals surface area contributed by atoms with E-state index >= 15 is 0 Å². The van der Waals surface area contributed by atoms with Crippen LogP contribution >= 0.6 is 11.3 Å². The van der Waals surface area contributed by atoms with E-state index < -0.39 is 0 Å². The molecule has 1 rings (SSSR count). The highest BCUT2D eigenvalue weighted by Gasteiger charge is 2.08. The van der Waals surface area contributed by atoms with E-state index in [2.05, 4.69) is 18.8 Å². The second kappa shape index (κ2) is 7.80. The highest BCUT2D eigenvalue weighted by atomic mass is 32.1. The molecule has 1 atom stereocenters. The van der Waals surface area contributed by atoms with Crippen molar-refractivity contribution in [3.05, 3.63) is 16.1 Å². The number of hydrogen-bond donors (Lipinski definition) is 1. The maximum absolute atomic E-state index is 9.81. The summed E-state index contributed by atoms with van der Waals surface area (Å²) >= 11 is 1.63. The fourth-order valence-electron chi connectivity index (χ4n) is 1.49. The van der Waals surface area contributed by atoms with Gasteiger partial charge in [0.05, 0.1) is 16.8 Å². The Morgan fingerprint density at radius 1 is 1.35 bits per heavy atom. The number of hydrogen-bond acceptors (Lipinski definition) is 4. The minimum atomic E-state index is -0.337. The van der Waals surface area contributed by atoms with E-state index in [1.54, 1.807) is 11.3 Å². The van der Waals surface area contributed by atoms with Crippen LogP contribution in [0.15, 0.2) is 5.38 Å². The average Bonchev–Trinajstić information content (AvgIpc) is 2.63. The van der Waals surface area contributed by atoms with Gasteiger partial charge >= 0.3 is 0 Å². The van der Waals surface area contributed by atoms with E-state index in [0.29, 0.717) is 25.4 Å². The molecule has 0 amide bonds. The van der Waals surface area contributed by atoms with Gasteiger partial charge in [-0.3, -0.25) is 0 Å². The van der Waals surface area contributed by atoms with Gasteiger partial charge < -0.3 is 9.84 Å². The highest BCUT2D eigenvalue weighted by Crippen LogP contribution is 2.11. The molecule has 1 N–H and O–H groups in total. The maximum atomic E-state index is 9.81. The lowest BCUT2D eigenvalue weighted by molar-refractivity contribution is 0.0766. The van der Waals surface area contributed by atoms with Gasteiger partial charge in [0.1, 0.15) is 0 Å². The summed E-state index contributed by atoms with van der Waals surface area (Å²) in [6.45, 7) is 7.78. The first kappa shape index (κ1) is 14.6. The van der Waals surface area contributed by atoms with Crippen LogP contribution < -0.4 is 0 Å². The normalized spacial score (nSPS) is 13.2. The molecule has 0 aliphatic carbocycles. The van der Waals surface area contributed by atoms with Crippen molar-refractivity contribution in [3.63, 3.8) is 0 Å². The summed E-state index contributed by atoms with van der Waals surface area (Å²) < 4.78 is 5.48. The molecule has 4 heteroatoms. The van der Waals surface area contributed by atoms with Crippen LogP contribution in [0.3, 0.4) is 0 Å². The zero-order valence-corrected chi connectivity index (χ0v) is 11.8. The Bertz CT molecular complexity index is 312. The second-order valence-electron chi connectivity index (χ2n) is 4.80. The largest absolute Gasteiger partial charge is 0.393 e. The van der Waals surface area contributed by atoms with Crippen molar-refractivity contribution in [2.24, 2.45) is 5.92 Å². The topological polar surface area (TPSA) is 42.4 Å². The Kier molecular flexibility index (Phi) is 6.70. The van der Waals surface area contributed by atoms with Crippen LogP contribution in [-0.2, 0) is 11.2 Å². The molecule has 0 aliphatic heterocycles. The summed E-state index contributed by atoms with van der Waals surface area (Å²) in [5.41, 5.74) is 0.988. The van der Waals surface area contributed by atoms with Gasteiger partial charge in [0.15, 0.2) is 0 Å². The molecule has 0 saturated heterocycles. The summed E-state index contributed by atoms with van der Waals surface area (Å²) in [5, 5.41) is 12.9. The molecule has 0 aliphatic rings. The third-order valence-electron chi connectivity index (χ3n) is 2.55. The van der Waals surface area contributed by atoms with Crippen molar-refractivity contribution in [2.75, 3.05) is 13.2 Å². The van der Waals surface area contributed by atoms with Crippen LogP contribution in [0.25, 0.3) is 0 Å². The third-order valence-corrected chi connectivity index (χ3v) is 3.37. The molecule has 17 heavy (non-hydrogen) atoms. The van der Waals surface area contributed by atoms with Crippen LogP contribution in [-0.4, -0.2) is 29.4 Å². The molecule has 1 aromatic heterocycles. The van der Waals surface area contributed by atoms with Crippen LogP contribution in [0, 0.1) is 12.8 Å². The van der Waals surface area contributed by atoms with E-state index in [4.69, 9.17) is 4.74 Å². The second-order valence-corrected chi connectivity index (χ2v) is 5.86. The number of ether oxygens (including phenoxy) is 1. The van der Waals surface area contributed by atoms with Crippen LogP contribution in [0.1, 0.15) is 37.4 Å². The van der Waals surface area contributed by atoms with E-state index in [1.165, 1.54) is 0 Å². The van der Waals surface area contributed by atoms with E-state index in [9.17, 15) is 5.11 Å². The molecular weight excluding hydrogens is 234 g/mol. The first-order valence-electron chi connectivity index (χ1n) is 6.24. The number of aromatic nitrogens is 1. The molecule has 0 saturated carbocycles. The molecule has 0 radical (unpaired) electrons. The quantitative estimate of drug-likeness (QED) is 0.728. The van der Waals surface area contributed by atoms with Crippen molar-refractivity contribution in [1.29, 1.82) is 0 Å². The Hall–Kier alpha value is -0.450. The molecule has 0 aromatic carbocycles. The molecule has 3 nitrogen and oxygen atoms in total. The van der Waals surface area contributed by atoms with Crippen molar-refractivity contribution in [3.8, 4) is 0 Å². The summed E-state index contributed by atoms with van der Waals surface area (Å²) in [5.74, 6) is 0.679. The van der Waals surface area contributed by atoms with Gasteiger partial charge in [-0.2, -0.15) is 0 Å². The SMILES string of the molecule is Cc1nc(CC(O)CCOCCC(C)C)cs1. The lowest BCUT2D eigenvalue weighted by Gasteiger charge is -2.10. The zero-order valence-electron chi connectivity index (χ0n) is 11.0. The molecule has 1 heterocycles. The molecule has 0 fully saturated rings. The molecular formula is C13H23NO2S. The third kappa shape index (κ3) is 6.76.